The van der Waals surface area contributed by atoms with Gasteiger partial charge in [0, 0.05) is 25.5 Å². The molecule has 0 aromatic heterocycles. The maximum Gasteiger partial charge on any atom is 0.101 e. The lowest BCUT2D eigenvalue weighted by Gasteiger charge is -2.33. The van der Waals surface area contributed by atoms with Crippen LogP contribution in [0.15, 0.2) is 12.4 Å². The third-order valence-corrected chi connectivity index (χ3v) is 8.80. The zero-order chi connectivity index (χ0) is 27.4. The molecule has 0 aliphatic carbocycles. The fourth-order valence-electron chi connectivity index (χ4n) is 6.22. The molecular formula is C36H72N2. The van der Waals surface area contributed by atoms with Crippen molar-refractivity contribution in [3.05, 3.63) is 12.4 Å². The van der Waals surface area contributed by atoms with Gasteiger partial charge in [0.2, 0.25) is 0 Å². The van der Waals surface area contributed by atoms with E-state index in [9.17, 15) is 0 Å². The molecule has 2 nitrogen and oxygen atoms in total. The molecule has 226 valence electrons. The maximum absolute atomic E-state index is 2.66. The summed E-state index contributed by atoms with van der Waals surface area (Å²) in [6, 6.07) is 0. The molecule has 1 unspecified atom stereocenters. The molecule has 0 fully saturated rings. The largest absolute Gasteiger partial charge is 0.356 e. The number of hydrogen-bond acceptors (Lipinski definition) is 2. The van der Waals surface area contributed by atoms with Crippen LogP contribution in [-0.4, -0.2) is 29.1 Å². The molecule has 1 heterocycles. The van der Waals surface area contributed by atoms with Gasteiger partial charge >= 0.3 is 0 Å². The molecule has 0 amide bonds. The Bertz CT molecular complexity index is 488. The molecule has 2 heteroatoms. The molecule has 1 atom stereocenters. The van der Waals surface area contributed by atoms with Crippen LogP contribution in [0, 0.1) is 0 Å². The predicted molar refractivity (Wildman–Crippen MR) is 173 cm³/mol. The fourth-order valence-corrected chi connectivity index (χ4v) is 6.22. The average Bonchev–Trinajstić information content (AvgIpc) is 3.30. The van der Waals surface area contributed by atoms with Crippen LogP contribution >= 0.6 is 0 Å². The van der Waals surface area contributed by atoms with Gasteiger partial charge in [-0.2, -0.15) is 0 Å². The third-order valence-electron chi connectivity index (χ3n) is 8.80. The highest BCUT2D eigenvalue weighted by atomic mass is 15.4. The van der Waals surface area contributed by atoms with Crippen LogP contribution in [0.4, 0.5) is 0 Å². The monoisotopic (exact) mass is 533 g/mol. The molecule has 0 spiro atoms. The van der Waals surface area contributed by atoms with E-state index < -0.39 is 0 Å². The Morgan fingerprint density at radius 2 is 0.605 bits per heavy atom. The second-order valence-corrected chi connectivity index (χ2v) is 12.5. The standard InChI is InChI=1S/C36H72N2/c1-4-7-9-11-13-15-17-19-20-22-24-26-28-30-33-38-35-34-37(36(38)31-6-3)32-29-27-25-23-21-18-16-14-12-10-8-5-2/h34-36H,4-33H2,1-3H3. The molecule has 38 heavy (non-hydrogen) atoms. The highest BCUT2D eigenvalue weighted by molar-refractivity contribution is 4.96. The summed E-state index contributed by atoms with van der Waals surface area (Å²) in [7, 11) is 0. The minimum absolute atomic E-state index is 0.634. The van der Waals surface area contributed by atoms with Crippen molar-refractivity contribution < 1.29 is 0 Å². The van der Waals surface area contributed by atoms with E-state index in [0.717, 1.165) is 0 Å². The van der Waals surface area contributed by atoms with Crippen molar-refractivity contribution >= 4 is 0 Å². The molecule has 0 saturated carbocycles. The van der Waals surface area contributed by atoms with Crippen LogP contribution in [0.25, 0.3) is 0 Å². The van der Waals surface area contributed by atoms with Gasteiger partial charge in [-0.1, -0.05) is 181 Å². The van der Waals surface area contributed by atoms with Gasteiger partial charge in [-0.3, -0.25) is 0 Å². The van der Waals surface area contributed by atoms with Crippen molar-refractivity contribution in [2.45, 2.75) is 207 Å². The topological polar surface area (TPSA) is 6.48 Å². The van der Waals surface area contributed by atoms with Gasteiger partial charge in [0.25, 0.3) is 0 Å². The average molecular weight is 533 g/mol. The van der Waals surface area contributed by atoms with E-state index in [1.54, 1.807) is 0 Å². The van der Waals surface area contributed by atoms with Crippen LogP contribution in [0.3, 0.4) is 0 Å². The first-order chi connectivity index (χ1) is 18.8. The Morgan fingerprint density at radius 3 is 0.868 bits per heavy atom. The summed E-state index contributed by atoms with van der Waals surface area (Å²) in [5, 5.41) is 0. The van der Waals surface area contributed by atoms with Crippen LogP contribution in [0.1, 0.15) is 201 Å². The van der Waals surface area contributed by atoms with Gasteiger partial charge in [-0.15, -0.1) is 0 Å². The number of unbranched alkanes of at least 4 members (excludes halogenated alkanes) is 24. The summed E-state index contributed by atoms with van der Waals surface area (Å²) in [4.78, 5) is 5.31. The molecule has 0 radical (unpaired) electrons. The second kappa shape index (κ2) is 27.9. The van der Waals surface area contributed by atoms with Crippen molar-refractivity contribution in [1.82, 2.24) is 9.80 Å². The van der Waals surface area contributed by atoms with Gasteiger partial charge in [0.15, 0.2) is 0 Å². The van der Waals surface area contributed by atoms with Crippen LogP contribution < -0.4 is 0 Å². The molecule has 0 N–H and O–H groups in total. The van der Waals surface area contributed by atoms with E-state index in [2.05, 4.69) is 43.0 Å². The van der Waals surface area contributed by atoms with Crippen molar-refractivity contribution in [2.75, 3.05) is 13.1 Å². The summed E-state index contributed by atoms with van der Waals surface area (Å²) in [6.45, 7) is 9.48. The van der Waals surface area contributed by atoms with E-state index in [0.29, 0.717) is 6.17 Å². The minimum Gasteiger partial charge on any atom is -0.356 e. The quantitative estimate of drug-likeness (QED) is 0.0848. The molecule has 1 rings (SSSR count). The summed E-state index contributed by atoms with van der Waals surface area (Å²) in [5.41, 5.74) is 0. The van der Waals surface area contributed by atoms with E-state index in [4.69, 9.17) is 0 Å². The van der Waals surface area contributed by atoms with Gasteiger partial charge in [0.05, 0.1) is 0 Å². The lowest BCUT2D eigenvalue weighted by molar-refractivity contribution is 0.138. The van der Waals surface area contributed by atoms with Crippen LogP contribution in [0.5, 0.6) is 0 Å². The molecule has 0 bridgehead atoms. The first kappa shape index (κ1) is 35.4. The molecule has 0 aromatic carbocycles. The Hall–Kier alpha value is -0.660. The Balaban J connectivity index is 1.96. The van der Waals surface area contributed by atoms with Crippen molar-refractivity contribution in [1.29, 1.82) is 0 Å². The lowest BCUT2D eigenvalue weighted by Crippen LogP contribution is -2.39. The van der Waals surface area contributed by atoms with E-state index in [1.165, 1.54) is 193 Å². The molecule has 0 saturated heterocycles. The Morgan fingerprint density at radius 1 is 0.342 bits per heavy atom. The van der Waals surface area contributed by atoms with Gasteiger partial charge in [-0.25, -0.2) is 0 Å². The maximum atomic E-state index is 2.66. The van der Waals surface area contributed by atoms with Crippen molar-refractivity contribution in [3.63, 3.8) is 0 Å². The Labute approximate surface area is 241 Å². The number of hydrogen-bond donors (Lipinski definition) is 0. The number of nitrogens with zero attached hydrogens (tertiary/aromatic N) is 2. The summed E-state index contributed by atoms with van der Waals surface area (Å²) >= 11 is 0. The second-order valence-electron chi connectivity index (χ2n) is 12.5. The van der Waals surface area contributed by atoms with Crippen LogP contribution in [-0.2, 0) is 0 Å². The molecule has 1 aliphatic rings. The Kier molecular flexibility index (Phi) is 26.0. The SMILES string of the molecule is CCCCCCCCCCCCCCCCN1C=CN(CCCCCCCCCCCCCC)C1CCC. The summed E-state index contributed by atoms with van der Waals surface area (Å²) in [5.74, 6) is 0. The normalized spacial score (nSPS) is 15.3. The van der Waals surface area contributed by atoms with Gasteiger partial charge in [-0.05, 0) is 19.3 Å². The third kappa shape index (κ3) is 20.3. The van der Waals surface area contributed by atoms with Gasteiger partial charge in [0.1, 0.15) is 6.17 Å². The summed E-state index contributed by atoms with van der Waals surface area (Å²) in [6.07, 6.45) is 45.5. The minimum atomic E-state index is 0.634. The van der Waals surface area contributed by atoms with Crippen LogP contribution in [0.2, 0.25) is 0 Å². The first-order valence-corrected chi connectivity index (χ1v) is 18.0. The highest BCUT2D eigenvalue weighted by Gasteiger charge is 2.24. The van der Waals surface area contributed by atoms with E-state index >= 15 is 0 Å². The molecule has 0 aromatic rings. The van der Waals surface area contributed by atoms with Crippen molar-refractivity contribution in [2.24, 2.45) is 0 Å². The number of rotatable bonds is 30. The predicted octanol–water partition coefficient (Wildman–Crippen LogP) is 12.4. The first-order valence-electron chi connectivity index (χ1n) is 18.0. The van der Waals surface area contributed by atoms with Crippen molar-refractivity contribution in [3.8, 4) is 0 Å². The van der Waals surface area contributed by atoms with E-state index in [-0.39, 0.29) is 0 Å². The molecular weight excluding hydrogens is 460 g/mol. The lowest BCUT2D eigenvalue weighted by atomic mass is 10.0. The smallest absolute Gasteiger partial charge is 0.101 e. The zero-order valence-corrected chi connectivity index (χ0v) is 26.8. The zero-order valence-electron chi connectivity index (χ0n) is 26.8. The van der Waals surface area contributed by atoms with E-state index in [1.807, 2.05) is 0 Å². The highest BCUT2D eigenvalue weighted by Crippen LogP contribution is 2.22. The van der Waals surface area contributed by atoms with Gasteiger partial charge < -0.3 is 9.80 Å². The fraction of sp³-hybridized carbons (Fsp3) is 0.944. The summed E-state index contributed by atoms with van der Waals surface area (Å²) < 4.78 is 0. The molecule has 1 aliphatic heterocycles.